The summed E-state index contributed by atoms with van der Waals surface area (Å²) in [5.74, 6) is 6.07. The Morgan fingerprint density at radius 1 is 1.18 bits per heavy atom. The lowest BCUT2D eigenvalue weighted by atomic mass is 9.86. The van der Waals surface area contributed by atoms with Crippen molar-refractivity contribution in [3.8, 4) is 5.75 Å². The molecule has 12 heteroatoms. The molecule has 3 rings (SSSR count). The second kappa shape index (κ2) is 11.7. The first-order chi connectivity index (χ1) is 18.1. The van der Waals surface area contributed by atoms with Crippen LogP contribution in [0.1, 0.15) is 55.1 Å². The van der Waals surface area contributed by atoms with Crippen molar-refractivity contribution in [2.24, 2.45) is 16.6 Å². The zero-order valence-electron chi connectivity index (χ0n) is 22.9. The van der Waals surface area contributed by atoms with Gasteiger partial charge in [0.15, 0.2) is 5.75 Å². The average Bonchev–Trinajstić information content (AvgIpc) is 2.82. The summed E-state index contributed by atoms with van der Waals surface area (Å²) in [6.07, 6.45) is 5.49. The van der Waals surface area contributed by atoms with E-state index < -0.39 is 15.9 Å². The van der Waals surface area contributed by atoms with E-state index in [1.54, 1.807) is 42.7 Å². The molecule has 210 valence electrons. The van der Waals surface area contributed by atoms with Crippen LogP contribution in [0.2, 0.25) is 0 Å². The molecule has 0 bridgehead atoms. The molecule has 10 nitrogen and oxygen atoms in total. The van der Waals surface area contributed by atoms with Crippen LogP contribution < -0.4 is 31.4 Å². The lowest BCUT2D eigenvalue weighted by molar-refractivity contribution is 0.102. The molecule has 0 aliphatic carbocycles. The van der Waals surface area contributed by atoms with Gasteiger partial charge in [-0.05, 0) is 59.7 Å². The van der Waals surface area contributed by atoms with Crippen LogP contribution in [0.25, 0.3) is 0 Å². The molecule has 2 aromatic carbocycles. The number of aliphatic imine (C=N–C) groups is 1. The number of halogens is 1. The van der Waals surface area contributed by atoms with Crippen molar-refractivity contribution in [1.29, 1.82) is 0 Å². The number of sulfonamides is 1. The number of hydrogen-bond donors (Lipinski definition) is 4. The van der Waals surface area contributed by atoms with E-state index in [9.17, 15) is 13.2 Å². The van der Waals surface area contributed by atoms with Crippen LogP contribution in [0.3, 0.4) is 0 Å². The van der Waals surface area contributed by atoms with Gasteiger partial charge >= 0.3 is 0 Å². The summed E-state index contributed by atoms with van der Waals surface area (Å²) in [5.41, 5.74) is 10.2. The van der Waals surface area contributed by atoms with Gasteiger partial charge in [-0.1, -0.05) is 38.4 Å². The molecule has 2 aromatic rings. The highest BCUT2D eigenvalue weighted by Gasteiger charge is 2.23. The van der Waals surface area contributed by atoms with Gasteiger partial charge in [0, 0.05) is 24.4 Å². The van der Waals surface area contributed by atoms with Crippen LogP contribution in [0.4, 0.5) is 17.1 Å². The Bertz CT molecular complexity index is 1480. The monoisotopic (exact) mass is 574 g/mol. The Labute approximate surface area is 234 Å². The number of carbonyl (C=O) groups is 1. The molecule has 1 aliphatic rings. The second-order valence-electron chi connectivity index (χ2n) is 10.3. The molecule has 1 aliphatic heterocycles. The van der Waals surface area contributed by atoms with Crippen molar-refractivity contribution in [1.82, 2.24) is 0 Å². The molecule has 0 aromatic heterocycles. The van der Waals surface area contributed by atoms with Crippen molar-refractivity contribution in [2.75, 3.05) is 28.4 Å². The summed E-state index contributed by atoms with van der Waals surface area (Å²) < 4.78 is 32.0. The first kappa shape index (κ1) is 30.0. The molecular weight excluding hydrogens is 540 g/mol. The van der Waals surface area contributed by atoms with E-state index in [0.29, 0.717) is 40.6 Å². The largest absolute Gasteiger partial charge is 0.492 e. The summed E-state index contributed by atoms with van der Waals surface area (Å²) >= 11 is 5.93. The van der Waals surface area contributed by atoms with E-state index in [4.69, 9.17) is 27.9 Å². The summed E-state index contributed by atoms with van der Waals surface area (Å²) in [6, 6.07) is 8.56. The molecule has 39 heavy (non-hydrogen) atoms. The van der Waals surface area contributed by atoms with Crippen molar-refractivity contribution < 1.29 is 17.9 Å². The van der Waals surface area contributed by atoms with E-state index >= 15 is 0 Å². The molecule has 6 N–H and O–H groups in total. The fourth-order valence-corrected chi connectivity index (χ4v) is 4.60. The number of nitrogens with zero attached hydrogens (tertiary/aromatic N) is 2. The fourth-order valence-electron chi connectivity index (χ4n) is 3.91. The summed E-state index contributed by atoms with van der Waals surface area (Å²) in [5, 5.41) is 4.75. The molecule has 1 heterocycles. The predicted molar refractivity (Wildman–Crippen MR) is 159 cm³/mol. The Morgan fingerprint density at radius 3 is 2.41 bits per heavy atom. The third-order valence-electron chi connectivity index (χ3n) is 6.06. The maximum absolute atomic E-state index is 13.4. The summed E-state index contributed by atoms with van der Waals surface area (Å²) in [6.45, 7) is 7.81. The number of hydrazine groups is 1. The SMILES string of the molecule is COc1c(NC(=O)c2ccc(C)c(N(N)C=C(N)C3=CN=C(Cl)CC3)c2)cc(C(C)(C)C)cc1NS(C)(=O)=O. The Morgan fingerprint density at radius 2 is 1.85 bits per heavy atom. The van der Waals surface area contributed by atoms with E-state index in [-0.39, 0.29) is 16.9 Å². The smallest absolute Gasteiger partial charge is 0.255 e. The van der Waals surface area contributed by atoms with Crippen LogP contribution in [-0.4, -0.2) is 32.9 Å². The Kier molecular flexibility index (Phi) is 8.99. The molecule has 1 amide bonds. The molecule has 0 saturated heterocycles. The number of methoxy groups -OCH3 is 1. The number of benzene rings is 2. The average molecular weight is 575 g/mol. The van der Waals surface area contributed by atoms with Crippen molar-refractivity contribution in [3.63, 3.8) is 0 Å². The van der Waals surface area contributed by atoms with Gasteiger partial charge < -0.3 is 15.8 Å². The number of aryl methyl sites for hydroxylation is 1. The number of rotatable bonds is 8. The lowest BCUT2D eigenvalue weighted by Crippen LogP contribution is -2.27. The van der Waals surface area contributed by atoms with Gasteiger partial charge in [0.2, 0.25) is 10.0 Å². The van der Waals surface area contributed by atoms with Crippen LogP contribution in [-0.2, 0) is 15.4 Å². The number of ether oxygens (including phenoxy) is 1. The Hall–Kier alpha value is -3.54. The number of allylic oxidation sites excluding steroid dienone is 1. The zero-order valence-corrected chi connectivity index (χ0v) is 24.5. The number of amides is 1. The topological polar surface area (TPSA) is 152 Å². The fraction of sp³-hybridized carbons (Fsp3) is 0.333. The van der Waals surface area contributed by atoms with Gasteiger partial charge in [-0.2, -0.15) is 0 Å². The quantitative estimate of drug-likeness (QED) is 0.263. The number of hydrogen-bond acceptors (Lipinski definition) is 8. The molecule has 0 atom stereocenters. The first-order valence-corrected chi connectivity index (χ1v) is 14.4. The number of nitrogens with two attached hydrogens (primary N) is 2. The van der Waals surface area contributed by atoms with Gasteiger partial charge in [-0.25, -0.2) is 19.3 Å². The van der Waals surface area contributed by atoms with Gasteiger partial charge in [0.05, 0.1) is 36.1 Å². The van der Waals surface area contributed by atoms with E-state index in [1.807, 2.05) is 27.7 Å². The van der Waals surface area contributed by atoms with Crippen LogP contribution in [0.15, 0.2) is 59.0 Å². The minimum atomic E-state index is -3.61. The molecule has 0 spiro atoms. The molecule has 0 fully saturated rings. The van der Waals surface area contributed by atoms with Crippen LogP contribution >= 0.6 is 11.6 Å². The van der Waals surface area contributed by atoms with E-state index in [2.05, 4.69) is 15.0 Å². The minimum absolute atomic E-state index is 0.189. The number of nitrogens with one attached hydrogen (secondary N) is 2. The normalized spacial score (nSPS) is 14.3. The van der Waals surface area contributed by atoms with E-state index in [1.165, 1.54) is 12.1 Å². The molecule has 0 radical (unpaired) electrons. The molecule has 0 saturated carbocycles. The van der Waals surface area contributed by atoms with Crippen molar-refractivity contribution in [3.05, 3.63) is 70.7 Å². The minimum Gasteiger partial charge on any atom is -0.492 e. The maximum Gasteiger partial charge on any atom is 0.255 e. The maximum atomic E-state index is 13.4. The lowest BCUT2D eigenvalue weighted by Gasteiger charge is -2.24. The third-order valence-corrected chi connectivity index (χ3v) is 6.94. The zero-order chi connectivity index (χ0) is 29.1. The van der Waals surface area contributed by atoms with E-state index in [0.717, 1.165) is 23.0 Å². The van der Waals surface area contributed by atoms with Crippen molar-refractivity contribution >= 4 is 49.8 Å². The van der Waals surface area contributed by atoms with Gasteiger partial charge in [0.1, 0.15) is 5.17 Å². The van der Waals surface area contributed by atoms with Crippen LogP contribution in [0, 0.1) is 6.92 Å². The van der Waals surface area contributed by atoms with Gasteiger partial charge in [-0.15, -0.1) is 0 Å². The van der Waals surface area contributed by atoms with Gasteiger partial charge in [0.25, 0.3) is 5.91 Å². The third kappa shape index (κ3) is 7.75. The number of anilines is 3. The summed E-state index contributed by atoms with van der Waals surface area (Å²) in [4.78, 5) is 17.5. The van der Waals surface area contributed by atoms with Gasteiger partial charge in [-0.3, -0.25) is 14.5 Å². The highest BCUT2D eigenvalue weighted by Crippen LogP contribution is 2.39. The molecule has 0 unspecified atom stereocenters. The molecular formula is C27H35ClN6O4S. The predicted octanol–water partition coefficient (Wildman–Crippen LogP) is 4.72. The Balaban J connectivity index is 1.96. The number of carbonyl (C=O) groups excluding carboxylic acids is 1. The highest BCUT2D eigenvalue weighted by molar-refractivity contribution is 7.92. The second-order valence-corrected chi connectivity index (χ2v) is 12.5. The first-order valence-electron chi connectivity index (χ1n) is 12.1. The summed E-state index contributed by atoms with van der Waals surface area (Å²) in [7, 11) is -2.20. The van der Waals surface area contributed by atoms with Crippen LogP contribution in [0.5, 0.6) is 5.75 Å². The standard InChI is InChI=1S/C27H35ClN6O4S/c1-16-7-8-17(11-23(16)34(30)15-20(29)18-9-10-24(28)31-14-18)26(35)32-21-12-19(27(2,3)4)13-22(25(21)38-5)33-39(6,36)37/h7-8,11-15,33H,9-10,29-30H2,1-6H3,(H,32,35). The highest BCUT2D eigenvalue weighted by atomic mass is 35.5. The van der Waals surface area contributed by atoms with Crippen molar-refractivity contribution in [2.45, 2.75) is 46.0 Å².